The average Bonchev–Trinajstić information content (AvgIpc) is 2.99. The van der Waals surface area contributed by atoms with Gasteiger partial charge in [0.2, 0.25) is 5.91 Å². The van der Waals surface area contributed by atoms with Crippen LogP contribution in [0.2, 0.25) is 0 Å². The molecule has 0 aromatic heterocycles. The van der Waals surface area contributed by atoms with Gasteiger partial charge in [0.1, 0.15) is 12.3 Å². The van der Waals surface area contributed by atoms with Gasteiger partial charge in [-0.15, -0.1) is 11.8 Å². The number of nitro benzene ring substituents is 1. The molecule has 0 bridgehead atoms. The summed E-state index contributed by atoms with van der Waals surface area (Å²) in [6.45, 7) is 5.98. The lowest BCUT2D eigenvalue weighted by atomic mass is 9.85. The predicted octanol–water partition coefficient (Wildman–Crippen LogP) is 3.88. The van der Waals surface area contributed by atoms with E-state index in [0.717, 1.165) is 17.1 Å². The van der Waals surface area contributed by atoms with E-state index in [0.29, 0.717) is 23.6 Å². The maximum Gasteiger partial charge on any atom is 0.356 e. The minimum absolute atomic E-state index is 0.0285. The number of carbonyl (C=O) groups excluding carboxylic acids is 2. The predicted molar refractivity (Wildman–Crippen MR) is 106 cm³/mol. The summed E-state index contributed by atoms with van der Waals surface area (Å²) in [4.78, 5) is 38.4. The van der Waals surface area contributed by atoms with Gasteiger partial charge in [0.25, 0.3) is 5.69 Å². The van der Waals surface area contributed by atoms with Crippen molar-refractivity contribution in [3.63, 3.8) is 0 Å². The lowest BCUT2D eigenvalue weighted by molar-refractivity contribution is -0.385. The highest BCUT2D eigenvalue weighted by molar-refractivity contribution is 8.03. The van der Waals surface area contributed by atoms with Crippen LogP contribution in [-0.2, 0) is 20.9 Å². The number of carbonyl (C=O) groups is 2. The van der Waals surface area contributed by atoms with Crippen LogP contribution in [0.5, 0.6) is 0 Å². The molecule has 1 fully saturated rings. The number of hydrogen-bond acceptors (Lipinski definition) is 6. The van der Waals surface area contributed by atoms with Crippen molar-refractivity contribution in [2.75, 3.05) is 5.75 Å². The number of nitrogens with zero attached hydrogens (tertiary/aromatic N) is 2. The first kappa shape index (κ1) is 20.4. The summed E-state index contributed by atoms with van der Waals surface area (Å²) in [7, 11) is 0. The third-order valence-corrected chi connectivity index (χ3v) is 6.56. The molecule has 150 valence electrons. The average molecular weight is 404 g/mol. The molecule has 3 rings (SSSR count). The second-order valence-corrected chi connectivity index (χ2v) is 8.55. The van der Waals surface area contributed by atoms with Crippen LogP contribution in [0, 0.1) is 22.0 Å². The summed E-state index contributed by atoms with van der Waals surface area (Å²) < 4.78 is 5.40. The smallest absolute Gasteiger partial charge is 0.356 e. The Labute approximate surface area is 168 Å². The van der Waals surface area contributed by atoms with Crippen LogP contribution in [-0.4, -0.2) is 33.5 Å². The Kier molecular flexibility index (Phi) is 6.07. The Morgan fingerprint density at radius 1 is 1.39 bits per heavy atom. The molecule has 0 saturated carbocycles. The van der Waals surface area contributed by atoms with E-state index in [1.165, 1.54) is 6.07 Å². The topological polar surface area (TPSA) is 89.8 Å². The van der Waals surface area contributed by atoms with E-state index >= 15 is 0 Å². The van der Waals surface area contributed by atoms with Gasteiger partial charge in [-0.2, -0.15) is 0 Å². The second kappa shape index (κ2) is 8.34. The molecule has 0 N–H and O–H groups in total. The van der Waals surface area contributed by atoms with Gasteiger partial charge in [-0.3, -0.25) is 14.9 Å². The summed E-state index contributed by atoms with van der Waals surface area (Å²) in [5.74, 6) is 0.630. The Balaban J connectivity index is 1.78. The Morgan fingerprint density at radius 2 is 2.11 bits per heavy atom. The standard InChI is InChI=1S/C20H24N2O5S/c1-4-14-16-9-17(28-11-12(2)3)18(21(16)19(14)23)20(24)27-10-13-7-5-6-8-15(13)22(25)26/h5-8,12,14,16H,4,9-11H2,1-3H3. The molecule has 2 heterocycles. The monoisotopic (exact) mass is 404 g/mol. The first-order valence-electron chi connectivity index (χ1n) is 9.43. The molecule has 7 nitrogen and oxygen atoms in total. The Bertz CT molecular complexity index is 836. The highest BCUT2D eigenvalue weighted by Crippen LogP contribution is 2.47. The van der Waals surface area contributed by atoms with Gasteiger partial charge >= 0.3 is 5.97 Å². The number of benzene rings is 1. The fraction of sp³-hybridized carbons (Fsp3) is 0.500. The largest absolute Gasteiger partial charge is 0.456 e. The summed E-state index contributed by atoms with van der Waals surface area (Å²) in [5.41, 5.74) is 0.562. The highest BCUT2D eigenvalue weighted by Gasteiger charge is 2.54. The third kappa shape index (κ3) is 3.78. The molecule has 2 atom stereocenters. The SMILES string of the molecule is CCC1C(=O)N2C(C(=O)OCc3ccccc3[N+](=O)[O-])=C(SCC(C)C)CC12. The van der Waals surface area contributed by atoms with Crippen molar-refractivity contribution >= 4 is 29.3 Å². The molecular formula is C20H24N2O5S. The molecule has 1 amide bonds. The minimum atomic E-state index is -0.588. The molecular weight excluding hydrogens is 380 g/mol. The zero-order chi connectivity index (χ0) is 20.4. The molecule has 1 saturated heterocycles. The van der Waals surface area contributed by atoms with Crippen LogP contribution in [0.3, 0.4) is 0 Å². The molecule has 1 aromatic carbocycles. The van der Waals surface area contributed by atoms with Gasteiger partial charge < -0.3 is 9.64 Å². The van der Waals surface area contributed by atoms with Gasteiger partial charge in [0, 0.05) is 23.1 Å². The van der Waals surface area contributed by atoms with E-state index < -0.39 is 10.9 Å². The number of ether oxygens (including phenoxy) is 1. The lowest BCUT2D eigenvalue weighted by Gasteiger charge is -2.43. The van der Waals surface area contributed by atoms with E-state index in [2.05, 4.69) is 13.8 Å². The number of thioether (sulfide) groups is 1. The lowest BCUT2D eigenvalue weighted by Crippen LogP contribution is -2.58. The van der Waals surface area contributed by atoms with Crippen LogP contribution < -0.4 is 0 Å². The van der Waals surface area contributed by atoms with E-state index in [1.807, 2.05) is 6.92 Å². The molecule has 8 heteroatoms. The fourth-order valence-electron chi connectivity index (χ4n) is 3.61. The third-order valence-electron chi connectivity index (χ3n) is 5.02. The van der Waals surface area contributed by atoms with Crippen LogP contribution in [0.4, 0.5) is 5.69 Å². The summed E-state index contributed by atoms with van der Waals surface area (Å²) in [6, 6.07) is 6.20. The molecule has 1 aromatic rings. The van der Waals surface area contributed by atoms with Crippen LogP contribution in [0.25, 0.3) is 0 Å². The van der Waals surface area contributed by atoms with Gasteiger partial charge in [-0.25, -0.2) is 4.79 Å². The molecule has 2 aliphatic rings. The van der Waals surface area contributed by atoms with Crippen molar-refractivity contribution < 1.29 is 19.2 Å². The number of amides is 1. The van der Waals surface area contributed by atoms with Crippen molar-refractivity contribution in [2.45, 2.75) is 46.3 Å². The van der Waals surface area contributed by atoms with Crippen LogP contribution in [0.1, 0.15) is 39.2 Å². The van der Waals surface area contributed by atoms with E-state index in [9.17, 15) is 19.7 Å². The first-order valence-corrected chi connectivity index (χ1v) is 10.4. The summed E-state index contributed by atoms with van der Waals surface area (Å²) in [5, 5.41) is 11.1. The summed E-state index contributed by atoms with van der Waals surface area (Å²) in [6.07, 6.45) is 1.43. The second-order valence-electron chi connectivity index (χ2n) is 7.43. The number of fused-ring (bicyclic) bond motifs is 1. The number of para-hydroxylation sites is 1. The van der Waals surface area contributed by atoms with Gasteiger partial charge in [-0.05, 0) is 18.4 Å². The Hall–Kier alpha value is -2.35. The van der Waals surface area contributed by atoms with Crippen molar-refractivity contribution in [1.29, 1.82) is 0 Å². The number of hydrogen-bond donors (Lipinski definition) is 0. The van der Waals surface area contributed by atoms with Gasteiger partial charge in [0.05, 0.1) is 22.4 Å². The normalized spacial score (nSPS) is 21.0. The number of nitro groups is 1. The van der Waals surface area contributed by atoms with Crippen LogP contribution >= 0.6 is 11.8 Å². The van der Waals surface area contributed by atoms with E-state index in [-0.39, 0.29) is 30.2 Å². The van der Waals surface area contributed by atoms with Crippen molar-refractivity contribution in [2.24, 2.45) is 11.8 Å². The molecule has 28 heavy (non-hydrogen) atoms. The van der Waals surface area contributed by atoms with Crippen molar-refractivity contribution in [1.82, 2.24) is 4.90 Å². The maximum absolute atomic E-state index is 12.8. The highest BCUT2D eigenvalue weighted by atomic mass is 32.2. The zero-order valence-corrected chi connectivity index (χ0v) is 17.0. The van der Waals surface area contributed by atoms with Crippen molar-refractivity contribution in [3.8, 4) is 0 Å². The van der Waals surface area contributed by atoms with Crippen LogP contribution in [0.15, 0.2) is 34.9 Å². The minimum Gasteiger partial charge on any atom is -0.456 e. The van der Waals surface area contributed by atoms with Gasteiger partial charge in [0.15, 0.2) is 0 Å². The Morgan fingerprint density at radius 3 is 2.75 bits per heavy atom. The maximum atomic E-state index is 12.8. The molecule has 2 aliphatic heterocycles. The molecule has 2 unspecified atom stereocenters. The molecule has 0 aliphatic carbocycles. The number of esters is 1. The van der Waals surface area contributed by atoms with E-state index in [1.54, 1.807) is 34.9 Å². The van der Waals surface area contributed by atoms with Gasteiger partial charge in [-0.1, -0.05) is 32.9 Å². The summed E-state index contributed by atoms with van der Waals surface area (Å²) >= 11 is 1.60. The first-order chi connectivity index (χ1) is 13.3. The number of β-lactam (4-membered cyclic amide) rings is 1. The number of rotatable bonds is 8. The molecule has 0 spiro atoms. The fourth-order valence-corrected chi connectivity index (χ4v) is 4.75. The quantitative estimate of drug-likeness (QED) is 0.283. The van der Waals surface area contributed by atoms with E-state index in [4.69, 9.17) is 4.74 Å². The zero-order valence-electron chi connectivity index (χ0n) is 16.2. The van der Waals surface area contributed by atoms with Crippen molar-refractivity contribution in [3.05, 3.63) is 50.5 Å². The molecule has 0 radical (unpaired) electrons.